The Labute approximate surface area is 116 Å². The largest absolute Gasteiger partial charge is 0.481 e. The molecule has 1 N–H and O–H groups in total. The molecular formula is C16H26N2O. The average molecular weight is 262 g/mol. The van der Waals surface area contributed by atoms with Gasteiger partial charge in [-0.2, -0.15) is 0 Å². The number of aromatic nitrogens is 1. The van der Waals surface area contributed by atoms with Gasteiger partial charge in [-0.05, 0) is 42.7 Å². The first-order chi connectivity index (χ1) is 9.09. The van der Waals surface area contributed by atoms with E-state index in [1.54, 1.807) is 7.11 Å². The van der Waals surface area contributed by atoms with E-state index in [0.29, 0.717) is 17.3 Å². The molecule has 1 unspecified atom stereocenters. The van der Waals surface area contributed by atoms with E-state index in [-0.39, 0.29) is 0 Å². The highest BCUT2D eigenvalue weighted by Gasteiger charge is 2.23. The zero-order valence-electron chi connectivity index (χ0n) is 12.4. The second kappa shape index (κ2) is 6.38. The van der Waals surface area contributed by atoms with Crippen LogP contribution in [0.2, 0.25) is 0 Å². The van der Waals surface area contributed by atoms with Gasteiger partial charge in [0.15, 0.2) is 0 Å². The fraction of sp³-hybridized carbons (Fsp3) is 0.688. The van der Waals surface area contributed by atoms with Crippen LogP contribution in [0.3, 0.4) is 0 Å². The molecule has 1 fully saturated rings. The minimum absolute atomic E-state index is 0.524. The van der Waals surface area contributed by atoms with E-state index in [0.717, 1.165) is 6.54 Å². The number of ether oxygens (including phenoxy) is 1. The molecule has 1 aliphatic rings. The lowest BCUT2D eigenvalue weighted by Gasteiger charge is -2.22. The standard InChI is InChI=1S/C16H26N2O/c1-16(2)8-4-5-14(6-9-16)18-12-13-7-10-17-15(11-13)19-3/h7,10-11,14,18H,4-6,8-9,12H2,1-3H3. The summed E-state index contributed by atoms with van der Waals surface area (Å²) in [7, 11) is 1.66. The van der Waals surface area contributed by atoms with Gasteiger partial charge in [-0.3, -0.25) is 0 Å². The van der Waals surface area contributed by atoms with Crippen molar-refractivity contribution in [2.45, 2.75) is 58.5 Å². The highest BCUT2D eigenvalue weighted by atomic mass is 16.5. The first-order valence-corrected chi connectivity index (χ1v) is 7.31. The number of methoxy groups -OCH3 is 1. The van der Waals surface area contributed by atoms with E-state index in [4.69, 9.17) is 4.74 Å². The van der Waals surface area contributed by atoms with Crippen LogP contribution >= 0.6 is 0 Å². The molecule has 2 rings (SSSR count). The first kappa shape index (κ1) is 14.3. The zero-order valence-corrected chi connectivity index (χ0v) is 12.4. The summed E-state index contributed by atoms with van der Waals surface area (Å²) in [5.41, 5.74) is 1.77. The number of rotatable bonds is 4. The predicted molar refractivity (Wildman–Crippen MR) is 78.3 cm³/mol. The lowest BCUT2D eigenvalue weighted by atomic mass is 9.85. The van der Waals surface area contributed by atoms with E-state index in [9.17, 15) is 0 Å². The number of hydrogen-bond acceptors (Lipinski definition) is 3. The summed E-state index contributed by atoms with van der Waals surface area (Å²) in [6.07, 6.45) is 8.41. The van der Waals surface area contributed by atoms with Gasteiger partial charge in [0.1, 0.15) is 0 Å². The molecule has 3 heteroatoms. The maximum atomic E-state index is 5.16. The first-order valence-electron chi connectivity index (χ1n) is 7.31. The quantitative estimate of drug-likeness (QED) is 0.843. The highest BCUT2D eigenvalue weighted by molar-refractivity contribution is 5.20. The van der Waals surface area contributed by atoms with Crippen molar-refractivity contribution in [3.63, 3.8) is 0 Å². The minimum Gasteiger partial charge on any atom is -0.481 e. The molecule has 1 heterocycles. The molecule has 0 amide bonds. The molecule has 0 aliphatic heterocycles. The third kappa shape index (κ3) is 4.50. The molecule has 1 aromatic rings. The molecule has 1 aliphatic carbocycles. The van der Waals surface area contributed by atoms with Crippen molar-refractivity contribution in [3.05, 3.63) is 23.9 Å². The van der Waals surface area contributed by atoms with Crippen molar-refractivity contribution in [1.29, 1.82) is 0 Å². The number of nitrogens with zero attached hydrogens (tertiary/aromatic N) is 1. The van der Waals surface area contributed by atoms with Gasteiger partial charge in [0, 0.05) is 24.8 Å². The third-order valence-electron chi connectivity index (χ3n) is 4.18. The third-order valence-corrected chi connectivity index (χ3v) is 4.18. The maximum absolute atomic E-state index is 5.16. The molecule has 19 heavy (non-hydrogen) atoms. The van der Waals surface area contributed by atoms with Crippen molar-refractivity contribution in [2.24, 2.45) is 5.41 Å². The Morgan fingerprint density at radius 1 is 1.37 bits per heavy atom. The fourth-order valence-electron chi connectivity index (χ4n) is 2.80. The van der Waals surface area contributed by atoms with Gasteiger partial charge < -0.3 is 10.1 Å². The van der Waals surface area contributed by atoms with Crippen LogP contribution < -0.4 is 10.1 Å². The van der Waals surface area contributed by atoms with Crippen molar-refractivity contribution in [1.82, 2.24) is 10.3 Å². The molecule has 3 nitrogen and oxygen atoms in total. The van der Waals surface area contributed by atoms with Gasteiger partial charge >= 0.3 is 0 Å². The predicted octanol–water partition coefficient (Wildman–Crippen LogP) is 3.54. The highest BCUT2D eigenvalue weighted by Crippen LogP contribution is 2.33. The summed E-state index contributed by atoms with van der Waals surface area (Å²) in [5, 5.41) is 3.68. The van der Waals surface area contributed by atoms with Crippen molar-refractivity contribution in [3.8, 4) is 5.88 Å². The Hall–Kier alpha value is -1.09. The van der Waals surface area contributed by atoms with E-state index in [2.05, 4.69) is 30.2 Å². The molecule has 106 valence electrons. The summed E-state index contributed by atoms with van der Waals surface area (Å²) < 4.78 is 5.16. The van der Waals surface area contributed by atoms with E-state index >= 15 is 0 Å². The Morgan fingerprint density at radius 2 is 2.21 bits per heavy atom. The summed E-state index contributed by atoms with van der Waals surface area (Å²) >= 11 is 0. The second-order valence-electron chi connectivity index (χ2n) is 6.38. The van der Waals surface area contributed by atoms with Crippen LogP contribution in [-0.2, 0) is 6.54 Å². The Bertz CT molecular complexity index is 403. The van der Waals surface area contributed by atoms with Crippen molar-refractivity contribution >= 4 is 0 Å². The number of nitrogens with one attached hydrogen (secondary N) is 1. The van der Waals surface area contributed by atoms with Gasteiger partial charge in [-0.1, -0.05) is 20.3 Å². The lowest BCUT2D eigenvalue weighted by Crippen LogP contribution is -2.28. The van der Waals surface area contributed by atoms with Crippen molar-refractivity contribution in [2.75, 3.05) is 7.11 Å². The summed E-state index contributed by atoms with van der Waals surface area (Å²) in [6, 6.07) is 4.71. The second-order valence-corrected chi connectivity index (χ2v) is 6.38. The van der Waals surface area contributed by atoms with E-state index in [1.807, 2.05) is 12.3 Å². The van der Waals surface area contributed by atoms with Gasteiger partial charge in [0.25, 0.3) is 0 Å². The van der Waals surface area contributed by atoms with Crippen LogP contribution in [0.25, 0.3) is 0 Å². The van der Waals surface area contributed by atoms with Gasteiger partial charge in [0.2, 0.25) is 5.88 Å². The molecular weight excluding hydrogens is 236 g/mol. The summed E-state index contributed by atoms with van der Waals surface area (Å²) in [5.74, 6) is 0.696. The molecule has 0 aromatic carbocycles. The summed E-state index contributed by atoms with van der Waals surface area (Å²) in [4.78, 5) is 4.14. The van der Waals surface area contributed by atoms with Crippen LogP contribution in [0.1, 0.15) is 51.5 Å². The molecule has 0 radical (unpaired) electrons. The molecule has 1 atom stereocenters. The van der Waals surface area contributed by atoms with Gasteiger partial charge in [-0.25, -0.2) is 4.98 Å². The van der Waals surface area contributed by atoms with Crippen LogP contribution in [0.5, 0.6) is 5.88 Å². The van der Waals surface area contributed by atoms with Crippen LogP contribution in [0.15, 0.2) is 18.3 Å². The lowest BCUT2D eigenvalue weighted by molar-refractivity contribution is 0.309. The fourth-order valence-corrected chi connectivity index (χ4v) is 2.80. The zero-order chi connectivity index (χ0) is 13.7. The molecule has 0 bridgehead atoms. The molecule has 1 saturated carbocycles. The van der Waals surface area contributed by atoms with Gasteiger partial charge in [0.05, 0.1) is 7.11 Å². The van der Waals surface area contributed by atoms with Gasteiger partial charge in [-0.15, -0.1) is 0 Å². The van der Waals surface area contributed by atoms with E-state index < -0.39 is 0 Å². The monoisotopic (exact) mass is 262 g/mol. The van der Waals surface area contributed by atoms with Crippen LogP contribution in [0, 0.1) is 5.41 Å². The average Bonchev–Trinajstić information content (AvgIpc) is 2.58. The Balaban J connectivity index is 1.84. The molecule has 0 spiro atoms. The van der Waals surface area contributed by atoms with Crippen LogP contribution in [-0.4, -0.2) is 18.1 Å². The Kier molecular flexibility index (Phi) is 4.81. The smallest absolute Gasteiger partial charge is 0.213 e. The van der Waals surface area contributed by atoms with Crippen LogP contribution in [0.4, 0.5) is 0 Å². The number of hydrogen-bond donors (Lipinski definition) is 1. The normalized spacial score (nSPS) is 22.8. The minimum atomic E-state index is 0.524. The number of pyridine rings is 1. The topological polar surface area (TPSA) is 34.1 Å². The van der Waals surface area contributed by atoms with Crippen molar-refractivity contribution < 1.29 is 4.74 Å². The Morgan fingerprint density at radius 3 is 3.00 bits per heavy atom. The maximum Gasteiger partial charge on any atom is 0.213 e. The summed E-state index contributed by atoms with van der Waals surface area (Å²) in [6.45, 7) is 5.69. The SMILES string of the molecule is COc1cc(CNC2CCCC(C)(C)CC2)ccn1. The van der Waals surface area contributed by atoms with E-state index in [1.165, 1.54) is 37.7 Å². The molecule has 0 saturated heterocycles. The molecule has 1 aromatic heterocycles.